The van der Waals surface area contributed by atoms with Crippen LogP contribution in [-0.2, 0) is 14.4 Å². The number of hydrogen-bond donors (Lipinski definition) is 0. The van der Waals surface area contributed by atoms with Crippen molar-refractivity contribution < 1.29 is 14.4 Å². The van der Waals surface area contributed by atoms with Crippen molar-refractivity contribution in [2.45, 2.75) is 68.7 Å². The van der Waals surface area contributed by atoms with Crippen LogP contribution in [0.25, 0.3) is 0 Å². The molecule has 1 aliphatic heterocycles. The number of rotatable bonds is 10. The molecule has 1 saturated heterocycles. The van der Waals surface area contributed by atoms with Crippen molar-refractivity contribution >= 4 is 45.0 Å². The number of nitrogens with zero attached hydrogens (tertiary/aromatic N) is 1. The van der Waals surface area contributed by atoms with Gasteiger partial charge in [0, 0.05) is 13.0 Å². The van der Waals surface area contributed by atoms with Crippen LogP contribution in [0.4, 0.5) is 0 Å². The van der Waals surface area contributed by atoms with Gasteiger partial charge in [-0.1, -0.05) is 20.3 Å². The molecule has 1 atom stereocenters. The van der Waals surface area contributed by atoms with Crippen LogP contribution >= 0.6 is 11.8 Å². The van der Waals surface area contributed by atoms with E-state index in [1.807, 2.05) is 13.8 Å². The van der Waals surface area contributed by atoms with Gasteiger partial charge in [0.05, 0.1) is 18.8 Å². The van der Waals surface area contributed by atoms with Crippen LogP contribution in [0.3, 0.4) is 0 Å². The summed E-state index contributed by atoms with van der Waals surface area (Å²) in [6, 6.07) is 0. The molecule has 0 bridgehead atoms. The van der Waals surface area contributed by atoms with E-state index in [9.17, 15) is 14.4 Å². The Labute approximate surface area is 140 Å². The molecule has 0 aromatic heterocycles. The fourth-order valence-electron chi connectivity index (χ4n) is 2.43. The Morgan fingerprint density at radius 1 is 1.27 bits per heavy atom. The first kappa shape index (κ1) is 19.3. The van der Waals surface area contributed by atoms with Gasteiger partial charge in [0.15, 0.2) is 7.85 Å². The van der Waals surface area contributed by atoms with E-state index in [4.69, 9.17) is 15.7 Å². The van der Waals surface area contributed by atoms with Crippen LogP contribution < -0.4 is 0 Å². The van der Waals surface area contributed by atoms with Crippen LogP contribution in [0.5, 0.6) is 0 Å². The molecule has 1 unspecified atom stereocenters. The molecule has 2 amide bonds. The third kappa shape index (κ3) is 5.49. The summed E-state index contributed by atoms with van der Waals surface area (Å²) in [6.07, 6.45) is 4.30. The van der Waals surface area contributed by atoms with Gasteiger partial charge in [0.25, 0.3) is 0 Å². The molecule has 1 rings (SSSR count). The maximum atomic E-state index is 12.4. The van der Waals surface area contributed by atoms with Crippen molar-refractivity contribution in [3.8, 4) is 0 Å². The molecule has 4 radical (unpaired) electrons. The molecule has 0 aromatic rings. The maximum Gasteiger partial charge on any atom is 0.242 e. The van der Waals surface area contributed by atoms with Gasteiger partial charge in [-0.05, 0) is 36.8 Å². The Bertz CT molecular complexity index is 427. The van der Waals surface area contributed by atoms with Gasteiger partial charge in [-0.15, -0.1) is 0 Å². The van der Waals surface area contributed by atoms with Crippen molar-refractivity contribution in [2.24, 2.45) is 0 Å². The number of imide groups is 1. The van der Waals surface area contributed by atoms with Crippen LogP contribution in [-0.4, -0.2) is 54.5 Å². The second kappa shape index (κ2) is 8.80. The molecular formula is C15H23B2NO3S. The molecule has 0 aromatic carbocycles. The molecule has 4 nitrogen and oxygen atoms in total. The Balaban J connectivity index is 2.45. The number of thioether (sulfide) groups is 1. The molecule has 0 N–H and O–H groups in total. The summed E-state index contributed by atoms with van der Waals surface area (Å²) < 4.78 is -0.446. The minimum Gasteiger partial charge on any atom is -0.313 e. The lowest BCUT2D eigenvalue weighted by atomic mass is 9.81. The zero-order chi connectivity index (χ0) is 16.8. The summed E-state index contributed by atoms with van der Waals surface area (Å²) in [6.45, 7) is 4.41. The average molecular weight is 319 g/mol. The highest BCUT2D eigenvalue weighted by Gasteiger charge is 2.41. The second-order valence-corrected chi connectivity index (χ2v) is 7.36. The standard InChI is InChI=1S/C15H23B2NO3S/c1-3-15(17,4-2)22-11-10-13(20)18(14(11)21)9-7-5-6-8-12(16)19/h11H,3-10H2,1-2H3. The summed E-state index contributed by atoms with van der Waals surface area (Å²) in [7, 11) is 11.3. The smallest absolute Gasteiger partial charge is 0.242 e. The summed E-state index contributed by atoms with van der Waals surface area (Å²) in [4.78, 5) is 36.3. The van der Waals surface area contributed by atoms with Gasteiger partial charge < -0.3 is 4.79 Å². The van der Waals surface area contributed by atoms with Gasteiger partial charge in [-0.25, -0.2) is 0 Å². The quantitative estimate of drug-likeness (QED) is 0.350. The van der Waals surface area contributed by atoms with Gasteiger partial charge in [0.2, 0.25) is 11.8 Å². The first-order valence-electron chi connectivity index (χ1n) is 7.92. The van der Waals surface area contributed by atoms with E-state index >= 15 is 0 Å². The minimum absolute atomic E-state index is 0.119. The van der Waals surface area contributed by atoms with Gasteiger partial charge in [-0.3, -0.25) is 14.5 Å². The monoisotopic (exact) mass is 319 g/mol. The van der Waals surface area contributed by atoms with E-state index in [1.54, 1.807) is 0 Å². The normalized spacial score (nSPS) is 19.0. The van der Waals surface area contributed by atoms with E-state index in [0.29, 0.717) is 25.8 Å². The molecular weight excluding hydrogens is 296 g/mol. The Morgan fingerprint density at radius 3 is 2.45 bits per heavy atom. The average Bonchev–Trinajstić information content (AvgIpc) is 2.73. The second-order valence-electron chi connectivity index (χ2n) is 5.74. The van der Waals surface area contributed by atoms with Crippen LogP contribution in [0.15, 0.2) is 0 Å². The summed E-state index contributed by atoms with van der Waals surface area (Å²) in [5.41, 5.74) is -0.316. The Morgan fingerprint density at radius 2 is 1.91 bits per heavy atom. The fourth-order valence-corrected chi connectivity index (χ4v) is 3.78. The number of carbonyl (C=O) groups excluding carboxylic acids is 3. The summed E-state index contributed by atoms with van der Waals surface area (Å²) in [5, 5.41) is -0.358. The molecule has 1 heterocycles. The third-order valence-corrected chi connectivity index (χ3v) is 5.78. The molecule has 7 heteroatoms. The van der Waals surface area contributed by atoms with Gasteiger partial charge >= 0.3 is 0 Å². The third-order valence-electron chi connectivity index (χ3n) is 4.08. The predicted octanol–water partition coefficient (Wildman–Crippen LogP) is 1.79. The zero-order valence-corrected chi connectivity index (χ0v) is 14.3. The van der Waals surface area contributed by atoms with Crippen molar-refractivity contribution in [1.82, 2.24) is 4.90 Å². The summed E-state index contributed by atoms with van der Waals surface area (Å²) in [5.74, 6) is -0.242. The lowest BCUT2D eigenvalue weighted by Crippen LogP contribution is -2.34. The number of likely N-dealkylation sites (tertiary alicyclic amines) is 1. The van der Waals surface area contributed by atoms with Crippen LogP contribution in [0, 0.1) is 0 Å². The Kier molecular flexibility index (Phi) is 7.74. The number of unbranched alkanes of at least 4 members (excludes halogenated alkanes) is 2. The van der Waals surface area contributed by atoms with Crippen molar-refractivity contribution in [2.75, 3.05) is 6.54 Å². The first-order valence-corrected chi connectivity index (χ1v) is 8.80. The minimum atomic E-state index is -0.446. The fraction of sp³-hybridized carbons (Fsp3) is 0.800. The maximum absolute atomic E-state index is 12.4. The number of amides is 2. The van der Waals surface area contributed by atoms with E-state index in [1.165, 1.54) is 16.7 Å². The van der Waals surface area contributed by atoms with Crippen LogP contribution in [0.1, 0.15) is 58.8 Å². The van der Waals surface area contributed by atoms with E-state index in [2.05, 4.69) is 0 Å². The first-order chi connectivity index (χ1) is 10.3. The highest BCUT2D eigenvalue weighted by molar-refractivity contribution is 8.03. The highest BCUT2D eigenvalue weighted by atomic mass is 32.2. The van der Waals surface area contributed by atoms with E-state index < -0.39 is 4.65 Å². The van der Waals surface area contributed by atoms with Crippen molar-refractivity contribution in [1.29, 1.82) is 0 Å². The molecule has 1 fully saturated rings. The lowest BCUT2D eigenvalue weighted by Gasteiger charge is -2.29. The SMILES string of the molecule is [B]C(=O)CCCCCN1C(=O)CC(SC([B])(CC)CC)C1=O. The van der Waals surface area contributed by atoms with E-state index in [0.717, 1.165) is 19.3 Å². The van der Waals surface area contributed by atoms with Gasteiger partial charge in [-0.2, -0.15) is 11.8 Å². The van der Waals surface area contributed by atoms with Crippen molar-refractivity contribution in [3.63, 3.8) is 0 Å². The molecule has 118 valence electrons. The highest BCUT2D eigenvalue weighted by Crippen LogP contribution is 2.37. The zero-order valence-electron chi connectivity index (χ0n) is 13.5. The summed E-state index contributed by atoms with van der Waals surface area (Å²) >= 11 is 1.42. The van der Waals surface area contributed by atoms with Gasteiger partial charge in [0.1, 0.15) is 0 Å². The molecule has 1 aliphatic rings. The topological polar surface area (TPSA) is 54.5 Å². The number of carbonyl (C=O) groups is 3. The predicted molar refractivity (Wildman–Crippen MR) is 91.0 cm³/mol. The number of hydrogen-bond acceptors (Lipinski definition) is 4. The molecule has 0 aliphatic carbocycles. The largest absolute Gasteiger partial charge is 0.313 e. The molecule has 22 heavy (non-hydrogen) atoms. The van der Waals surface area contributed by atoms with Crippen LogP contribution in [0.2, 0.25) is 0 Å². The Hall–Kier alpha value is -0.710. The lowest BCUT2D eigenvalue weighted by molar-refractivity contribution is -0.138. The molecule has 0 spiro atoms. The molecule has 0 saturated carbocycles. The van der Waals surface area contributed by atoms with Crippen molar-refractivity contribution in [3.05, 3.63) is 0 Å². The van der Waals surface area contributed by atoms with E-state index in [-0.39, 0.29) is 29.2 Å².